The largest absolute Gasteiger partial charge is 0.463 e. The normalized spacial score (nSPS) is 12.7. The van der Waals surface area contributed by atoms with E-state index in [1.165, 1.54) is 11.1 Å². The predicted octanol–water partition coefficient (Wildman–Crippen LogP) is 4.77. The number of aromatic nitrogens is 5. The molecule has 2 N–H and O–H groups in total. The molecule has 6 heteroatoms. The van der Waals surface area contributed by atoms with Gasteiger partial charge in [0, 0.05) is 12.1 Å². The van der Waals surface area contributed by atoms with Crippen LogP contribution in [0.25, 0.3) is 22.6 Å². The van der Waals surface area contributed by atoms with Crippen molar-refractivity contribution in [3.63, 3.8) is 0 Å². The van der Waals surface area contributed by atoms with E-state index < -0.39 is 0 Å². The van der Waals surface area contributed by atoms with Crippen molar-refractivity contribution in [2.75, 3.05) is 0 Å². The maximum absolute atomic E-state index is 5.55. The van der Waals surface area contributed by atoms with E-state index in [9.17, 15) is 0 Å². The number of unbranched alkanes of at least 4 members (excludes halogenated alkanes) is 1. The first-order valence-corrected chi connectivity index (χ1v) is 9.08. The standard InChI is InChI=1S/C20H23N5O/c1-13(17-19-20(24-11-22-17)25-12-23-19)6-3-4-7-15-14(2)10-21-18(15)16-8-5-9-26-16/h5,8-13,21H,3-4,6-7H2,1-2H3,(H,22,23,24,25). The minimum atomic E-state index is 0.373. The summed E-state index contributed by atoms with van der Waals surface area (Å²) in [7, 11) is 0. The molecule has 0 amide bonds. The van der Waals surface area contributed by atoms with Crippen molar-refractivity contribution in [3.8, 4) is 11.5 Å². The Labute approximate surface area is 152 Å². The molecule has 26 heavy (non-hydrogen) atoms. The van der Waals surface area contributed by atoms with Crippen LogP contribution in [-0.2, 0) is 6.42 Å². The van der Waals surface area contributed by atoms with Crippen LogP contribution in [0.1, 0.15) is 48.9 Å². The lowest BCUT2D eigenvalue weighted by Crippen LogP contribution is -2.00. The van der Waals surface area contributed by atoms with Crippen LogP contribution in [0.3, 0.4) is 0 Å². The number of hydrogen-bond donors (Lipinski definition) is 2. The maximum Gasteiger partial charge on any atom is 0.180 e. The molecule has 6 nitrogen and oxygen atoms in total. The van der Waals surface area contributed by atoms with Crippen LogP contribution in [0.5, 0.6) is 0 Å². The van der Waals surface area contributed by atoms with Crippen LogP contribution in [0.2, 0.25) is 0 Å². The Balaban J connectivity index is 1.37. The monoisotopic (exact) mass is 349 g/mol. The fourth-order valence-corrected chi connectivity index (χ4v) is 3.56. The zero-order chi connectivity index (χ0) is 17.9. The molecule has 4 rings (SSSR count). The summed E-state index contributed by atoms with van der Waals surface area (Å²) in [4.78, 5) is 19.4. The minimum absolute atomic E-state index is 0.373. The fourth-order valence-electron chi connectivity index (χ4n) is 3.56. The first kappa shape index (κ1) is 16.6. The van der Waals surface area contributed by atoms with Gasteiger partial charge >= 0.3 is 0 Å². The minimum Gasteiger partial charge on any atom is -0.463 e. The quantitative estimate of drug-likeness (QED) is 0.471. The SMILES string of the molecule is Cc1c[nH]c(-c2ccco2)c1CCCCC(C)c1ncnc2nc[nH]c12. The van der Waals surface area contributed by atoms with E-state index in [0.717, 1.165) is 54.0 Å². The van der Waals surface area contributed by atoms with Crippen LogP contribution in [-0.4, -0.2) is 24.9 Å². The first-order valence-electron chi connectivity index (χ1n) is 9.08. The van der Waals surface area contributed by atoms with Crippen molar-refractivity contribution in [2.45, 2.75) is 45.4 Å². The highest BCUT2D eigenvalue weighted by molar-refractivity contribution is 5.72. The van der Waals surface area contributed by atoms with Gasteiger partial charge in [-0.25, -0.2) is 15.0 Å². The molecule has 0 fully saturated rings. The first-order chi connectivity index (χ1) is 12.7. The van der Waals surface area contributed by atoms with Crippen LogP contribution in [0.4, 0.5) is 0 Å². The number of aromatic amines is 2. The molecule has 4 aromatic heterocycles. The highest BCUT2D eigenvalue weighted by Crippen LogP contribution is 2.28. The molecule has 0 bridgehead atoms. The number of furan rings is 1. The summed E-state index contributed by atoms with van der Waals surface area (Å²) >= 11 is 0. The van der Waals surface area contributed by atoms with Gasteiger partial charge in [0.25, 0.3) is 0 Å². The molecule has 134 valence electrons. The second-order valence-corrected chi connectivity index (χ2v) is 6.81. The Morgan fingerprint density at radius 2 is 2.08 bits per heavy atom. The zero-order valence-corrected chi connectivity index (χ0v) is 15.1. The fraction of sp³-hybridized carbons (Fsp3) is 0.350. The number of H-pyrrole nitrogens is 2. The summed E-state index contributed by atoms with van der Waals surface area (Å²) in [6.45, 7) is 4.37. The van der Waals surface area contributed by atoms with Crippen molar-refractivity contribution < 1.29 is 4.42 Å². The van der Waals surface area contributed by atoms with E-state index in [4.69, 9.17) is 4.42 Å². The molecule has 0 aliphatic rings. The highest BCUT2D eigenvalue weighted by Gasteiger charge is 2.15. The Hall–Kier alpha value is -2.89. The molecule has 0 aromatic carbocycles. The van der Waals surface area contributed by atoms with Gasteiger partial charge in [0.1, 0.15) is 17.6 Å². The Bertz CT molecular complexity index is 983. The van der Waals surface area contributed by atoms with Crippen molar-refractivity contribution in [1.82, 2.24) is 24.9 Å². The predicted molar refractivity (Wildman–Crippen MR) is 101 cm³/mol. The van der Waals surface area contributed by atoms with Crippen LogP contribution in [0, 0.1) is 6.92 Å². The summed E-state index contributed by atoms with van der Waals surface area (Å²) in [6, 6.07) is 3.93. The second kappa shape index (κ2) is 7.15. The molecule has 0 radical (unpaired) electrons. The van der Waals surface area contributed by atoms with Gasteiger partial charge in [-0.2, -0.15) is 0 Å². The summed E-state index contributed by atoms with van der Waals surface area (Å²) in [5.41, 5.74) is 6.51. The summed E-state index contributed by atoms with van der Waals surface area (Å²) in [5, 5.41) is 0. The van der Waals surface area contributed by atoms with Gasteiger partial charge in [0.05, 0.1) is 24.0 Å². The molecule has 0 aliphatic heterocycles. The van der Waals surface area contributed by atoms with Gasteiger partial charge in [-0.15, -0.1) is 0 Å². The number of hydrogen-bond acceptors (Lipinski definition) is 4. The van der Waals surface area contributed by atoms with Crippen molar-refractivity contribution in [1.29, 1.82) is 0 Å². The third kappa shape index (κ3) is 3.14. The number of fused-ring (bicyclic) bond motifs is 1. The molecule has 1 atom stereocenters. The third-order valence-corrected chi connectivity index (χ3v) is 5.01. The van der Waals surface area contributed by atoms with Gasteiger partial charge in [-0.1, -0.05) is 13.3 Å². The molecule has 4 heterocycles. The molecule has 0 saturated heterocycles. The number of nitrogens with one attached hydrogen (secondary N) is 2. The van der Waals surface area contributed by atoms with E-state index >= 15 is 0 Å². The lowest BCUT2D eigenvalue weighted by Gasteiger charge is -2.11. The van der Waals surface area contributed by atoms with Gasteiger partial charge in [-0.05, 0) is 49.4 Å². The summed E-state index contributed by atoms with van der Waals surface area (Å²) in [6.07, 6.45) is 11.5. The van der Waals surface area contributed by atoms with Crippen molar-refractivity contribution >= 4 is 11.2 Å². The van der Waals surface area contributed by atoms with E-state index in [2.05, 4.69) is 45.0 Å². The molecule has 4 aromatic rings. The molecule has 0 saturated carbocycles. The Morgan fingerprint density at radius 1 is 1.15 bits per heavy atom. The van der Waals surface area contributed by atoms with Crippen LogP contribution >= 0.6 is 0 Å². The molecular formula is C20H23N5O. The van der Waals surface area contributed by atoms with Gasteiger partial charge < -0.3 is 14.4 Å². The van der Waals surface area contributed by atoms with E-state index in [1.54, 1.807) is 18.9 Å². The van der Waals surface area contributed by atoms with E-state index in [0.29, 0.717) is 5.92 Å². The lowest BCUT2D eigenvalue weighted by molar-refractivity contribution is 0.577. The number of aryl methyl sites for hydroxylation is 1. The molecule has 0 aliphatic carbocycles. The average molecular weight is 349 g/mol. The lowest BCUT2D eigenvalue weighted by atomic mass is 9.96. The molecular weight excluding hydrogens is 326 g/mol. The second-order valence-electron chi connectivity index (χ2n) is 6.81. The highest BCUT2D eigenvalue weighted by atomic mass is 16.3. The summed E-state index contributed by atoms with van der Waals surface area (Å²) in [5.74, 6) is 1.28. The average Bonchev–Trinajstić information content (AvgIpc) is 3.39. The smallest absolute Gasteiger partial charge is 0.180 e. The van der Waals surface area contributed by atoms with Gasteiger partial charge in [0.15, 0.2) is 5.65 Å². The molecule has 0 spiro atoms. The van der Waals surface area contributed by atoms with E-state index in [1.807, 2.05) is 12.1 Å². The van der Waals surface area contributed by atoms with Crippen LogP contribution < -0.4 is 0 Å². The topological polar surface area (TPSA) is 83.4 Å². The van der Waals surface area contributed by atoms with Gasteiger partial charge in [0.2, 0.25) is 0 Å². The number of rotatable bonds is 7. The van der Waals surface area contributed by atoms with Crippen LogP contribution in [0.15, 0.2) is 41.7 Å². The van der Waals surface area contributed by atoms with Crippen molar-refractivity contribution in [2.24, 2.45) is 0 Å². The third-order valence-electron chi connectivity index (χ3n) is 5.01. The number of nitrogens with zero attached hydrogens (tertiary/aromatic N) is 3. The zero-order valence-electron chi connectivity index (χ0n) is 15.1. The summed E-state index contributed by atoms with van der Waals surface area (Å²) < 4.78 is 5.55. The Morgan fingerprint density at radius 3 is 2.92 bits per heavy atom. The van der Waals surface area contributed by atoms with Gasteiger partial charge in [-0.3, -0.25) is 0 Å². The Kier molecular flexibility index (Phi) is 4.56. The van der Waals surface area contributed by atoms with Crippen molar-refractivity contribution in [3.05, 3.63) is 54.1 Å². The molecule has 1 unspecified atom stereocenters. The maximum atomic E-state index is 5.55. The number of imidazole rings is 1. The van der Waals surface area contributed by atoms with E-state index in [-0.39, 0.29) is 0 Å².